The number of esters is 1. The van der Waals surface area contributed by atoms with E-state index in [1.165, 1.54) is 18.1 Å². The molecule has 18 heavy (non-hydrogen) atoms. The highest BCUT2D eigenvalue weighted by atomic mass is 32.2. The first-order valence-corrected chi connectivity index (χ1v) is 7.01. The summed E-state index contributed by atoms with van der Waals surface area (Å²) in [6, 6.07) is 0. The highest BCUT2D eigenvalue weighted by Gasteiger charge is 2.33. The molecule has 7 heteroatoms. The molecule has 0 aromatic carbocycles. The fourth-order valence-electron chi connectivity index (χ4n) is 1.56. The maximum atomic E-state index is 11.9. The number of ether oxygens (including phenoxy) is 1. The van der Waals surface area contributed by atoms with Crippen LogP contribution in [0.1, 0.15) is 27.2 Å². The van der Waals surface area contributed by atoms with Crippen LogP contribution in [0.3, 0.4) is 0 Å². The largest absolute Gasteiger partial charge is 0.465 e. The molecule has 1 heterocycles. The van der Waals surface area contributed by atoms with E-state index in [1.54, 1.807) is 0 Å². The van der Waals surface area contributed by atoms with Crippen molar-refractivity contribution >= 4 is 17.7 Å². The number of aromatic nitrogens is 3. The molecule has 0 radical (unpaired) electrons. The number of hydrogen-bond donors (Lipinski definition) is 2. The normalized spacial score (nSPS) is 14.2. The molecule has 0 saturated carbocycles. The molecule has 0 bridgehead atoms. The van der Waals surface area contributed by atoms with Crippen LogP contribution >= 0.6 is 11.8 Å². The van der Waals surface area contributed by atoms with Gasteiger partial charge in [0.2, 0.25) is 0 Å². The fourth-order valence-corrected chi connectivity index (χ4v) is 2.50. The van der Waals surface area contributed by atoms with Gasteiger partial charge in [0.05, 0.1) is 6.61 Å². The summed E-state index contributed by atoms with van der Waals surface area (Å²) in [6.45, 7) is 6.78. The zero-order chi connectivity index (χ0) is 13.4. The van der Waals surface area contributed by atoms with Crippen LogP contribution in [-0.2, 0) is 9.53 Å². The minimum atomic E-state index is -0.641. The standard InChI is InChI=1S/C11H20N4O2S/c1-4-13-11(3,9(16)17-5-2)6-7-18-10-12-8-14-15-10/h8,13H,4-7H2,1-3H3,(H,12,14,15). The molecule has 1 atom stereocenters. The van der Waals surface area contributed by atoms with Gasteiger partial charge in [0.15, 0.2) is 5.16 Å². The zero-order valence-electron chi connectivity index (χ0n) is 11.0. The van der Waals surface area contributed by atoms with Crippen molar-refractivity contribution in [3.05, 3.63) is 6.33 Å². The molecule has 1 rings (SSSR count). The molecule has 102 valence electrons. The van der Waals surface area contributed by atoms with Gasteiger partial charge in [0, 0.05) is 5.75 Å². The van der Waals surface area contributed by atoms with Gasteiger partial charge in [-0.2, -0.15) is 5.10 Å². The molecule has 0 fully saturated rings. The second-order valence-corrected chi connectivity index (χ2v) is 5.06. The van der Waals surface area contributed by atoms with Gasteiger partial charge in [-0.05, 0) is 26.8 Å². The second-order valence-electron chi connectivity index (χ2n) is 3.97. The minimum absolute atomic E-state index is 0.204. The van der Waals surface area contributed by atoms with Crippen LogP contribution in [0.2, 0.25) is 0 Å². The first-order chi connectivity index (χ1) is 8.62. The van der Waals surface area contributed by atoms with E-state index in [2.05, 4.69) is 20.5 Å². The first-order valence-electron chi connectivity index (χ1n) is 6.02. The lowest BCUT2D eigenvalue weighted by molar-refractivity contribution is -0.150. The number of carbonyl (C=O) groups is 1. The van der Waals surface area contributed by atoms with E-state index in [4.69, 9.17) is 4.74 Å². The number of rotatable bonds is 8. The Labute approximate surface area is 111 Å². The summed E-state index contributed by atoms with van der Waals surface area (Å²) >= 11 is 1.54. The van der Waals surface area contributed by atoms with E-state index >= 15 is 0 Å². The maximum Gasteiger partial charge on any atom is 0.326 e. The van der Waals surface area contributed by atoms with Crippen LogP contribution in [0, 0.1) is 0 Å². The molecule has 0 aliphatic carbocycles. The Hall–Kier alpha value is -1.08. The summed E-state index contributed by atoms with van der Waals surface area (Å²) in [5.74, 6) is 0.558. The quantitative estimate of drug-likeness (QED) is 0.547. The Morgan fingerprint density at radius 1 is 1.61 bits per heavy atom. The van der Waals surface area contributed by atoms with Crippen molar-refractivity contribution in [3.63, 3.8) is 0 Å². The second kappa shape index (κ2) is 7.38. The molecule has 6 nitrogen and oxygen atoms in total. The van der Waals surface area contributed by atoms with Gasteiger partial charge >= 0.3 is 5.97 Å². The van der Waals surface area contributed by atoms with Gasteiger partial charge in [0.1, 0.15) is 11.9 Å². The van der Waals surface area contributed by atoms with Gasteiger partial charge < -0.3 is 10.1 Å². The highest BCUT2D eigenvalue weighted by molar-refractivity contribution is 7.99. The third-order valence-electron chi connectivity index (χ3n) is 2.53. The van der Waals surface area contributed by atoms with Crippen molar-refractivity contribution in [3.8, 4) is 0 Å². The topological polar surface area (TPSA) is 79.9 Å². The van der Waals surface area contributed by atoms with E-state index in [0.29, 0.717) is 13.0 Å². The molecule has 0 amide bonds. The molecule has 0 aliphatic heterocycles. The van der Waals surface area contributed by atoms with Gasteiger partial charge in [0.25, 0.3) is 0 Å². The lowest BCUT2D eigenvalue weighted by atomic mass is 9.99. The number of nitrogens with zero attached hydrogens (tertiary/aromatic N) is 2. The monoisotopic (exact) mass is 272 g/mol. The van der Waals surface area contributed by atoms with E-state index < -0.39 is 5.54 Å². The number of thioether (sulfide) groups is 1. The number of hydrogen-bond acceptors (Lipinski definition) is 6. The third-order valence-corrected chi connectivity index (χ3v) is 3.41. The van der Waals surface area contributed by atoms with Crippen molar-refractivity contribution in [1.29, 1.82) is 0 Å². The molecule has 2 N–H and O–H groups in total. The Morgan fingerprint density at radius 3 is 2.94 bits per heavy atom. The van der Waals surface area contributed by atoms with E-state index in [9.17, 15) is 4.79 Å². The van der Waals surface area contributed by atoms with Crippen LogP contribution in [0.5, 0.6) is 0 Å². The van der Waals surface area contributed by atoms with E-state index in [1.807, 2.05) is 20.8 Å². The summed E-state index contributed by atoms with van der Waals surface area (Å²) in [5, 5.41) is 10.5. The Kier molecular flexibility index (Phi) is 6.14. The third kappa shape index (κ3) is 4.30. The average molecular weight is 272 g/mol. The Bertz CT molecular complexity index is 358. The smallest absolute Gasteiger partial charge is 0.326 e. The molecule has 1 aromatic heterocycles. The number of carbonyl (C=O) groups excluding carboxylic acids is 1. The van der Waals surface area contributed by atoms with Crippen molar-refractivity contribution < 1.29 is 9.53 Å². The van der Waals surface area contributed by atoms with Crippen LogP contribution in [0.25, 0.3) is 0 Å². The van der Waals surface area contributed by atoms with Crippen molar-refractivity contribution in [1.82, 2.24) is 20.5 Å². The Balaban J connectivity index is 2.48. The predicted molar refractivity (Wildman–Crippen MR) is 70.4 cm³/mol. The Morgan fingerprint density at radius 2 is 2.39 bits per heavy atom. The molecule has 0 saturated heterocycles. The zero-order valence-corrected chi connectivity index (χ0v) is 11.8. The number of likely N-dealkylation sites (N-methyl/N-ethyl adjacent to an activating group) is 1. The van der Waals surface area contributed by atoms with E-state index in [0.717, 1.165) is 17.5 Å². The highest BCUT2D eigenvalue weighted by Crippen LogP contribution is 2.19. The van der Waals surface area contributed by atoms with Crippen LogP contribution in [0.15, 0.2) is 11.5 Å². The molecule has 0 spiro atoms. The summed E-state index contributed by atoms with van der Waals surface area (Å²) in [7, 11) is 0. The van der Waals surface area contributed by atoms with Crippen molar-refractivity contribution in [2.75, 3.05) is 18.9 Å². The summed E-state index contributed by atoms with van der Waals surface area (Å²) in [6.07, 6.45) is 2.14. The van der Waals surface area contributed by atoms with Gasteiger partial charge in [-0.1, -0.05) is 18.7 Å². The molecule has 1 aromatic rings. The van der Waals surface area contributed by atoms with Crippen molar-refractivity contribution in [2.45, 2.75) is 37.9 Å². The molecular formula is C11H20N4O2S. The SMILES string of the molecule is CCNC(C)(CCSc1ncn[nH]1)C(=O)OCC. The van der Waals surface area contributed by atoms with Gasteiger partial charge in [-0.3, -0.25) is 9.89 Å². The van der Waals surface area contributed by atoms with Crippen molar-refractivity contribution in [2.24, 2.45) is 0 Å². The lowest BCUT2D eigenvalue weighted by Crippen LogP contribution is -2.50. The summed E-state index contributed by atoms with van der Waals surface area (Å²) in [4.78, 5) is 15.9. The van der Waals surface area contributed by atoms with E-state index in [-0.39, 0.29) is 5.97 Å². The summed E-state index contributed by atoms with van der Waals surface area (Å²) in [5.41, 5.74) is -0.641. The van der Waals surface area contributed by atoms with Gasteiger partial charge in [-0.25, -0.2) is 4.98 Å². The van der Waals surface area contributed by atoms with Crippen LogP contribution < -0.4 is 5.32 Å². The molecule has 0 aliphatic rings. The summed E-state index contributed by atoms with van der Waals surface area (Å²) < 4.78 is 5.10. The number of H-pyrrole nitrogens is 1. The number of aromatic amines is 1. The maximum absolute atomic E-state index is 11.9. The predicted octanol–water partition coefficient (Wildman–Crippen LogP) is 1.22. The van der Waals surface area contributed by atoms with Crippen LogP contribution in [-0.4, -0.2) is 45.6 Å². The minimum Gasteiger partial charge on any atom is -0.465 e. The number of nitrogens with one attached hydrogen (secondary N) is 2. The molecule has 1 unspecified atom stereocenters. The van der Waals surface area contributed by atoms with Crippen LogP contribution in [0.4, 0.5) is 0 Å². The van der Waals surface area contributed by atoms with Gasteiger partial charge in [-0.15, -0.1) is 0 Å². The first kappa shape index (κ1) is 15.0. The lowest BCUT2D eigenvalue weighted by Gasteiger charge is -2.27. The molecular weight excluding hydrogens is 252 g/mol. The average Bonchev–Trinajstić information content (AvgIpc) is 2.83. The fraction of sp³-hybridized carbons (Fsp3) is 0.727.